The lowest BCUT2D eigenvalue weighted by atomic mass is 9.88. The van der Waals surface area contributed by atoms with Crippen LogP contribution in [-0.4, -0.2) is 42.4 Å². The fraction of sp³-hybridized carbons (Fsp3) is 0.300. The van der Waals surface area contributed by atoms with Gasteiger partial charge < -0.3 is 21.1 Å². The molecule has 2 bridgehead atoms. The van der Waals surface area contributed by atoms with Crippen LogP contribution in [0.1, 0.15) is 6.42 Å². The predicted octanol–water partition coefficient (Wildman–Crippen LogP) is 0.260. The maximum Gasteiger partial charge on any atom is 0.307 e. The third-order valence-corrected chi connectivity index (χ3v) is 7.08. The highest BCUT2D eigenvalue weighted by Crippen LogP contribution is 2.45. The van der Waals surface area contributed by atoms with Crippen molar-refractivity contribution in [1.82, 2.24) is 15.0 Å². The number of aromatic amines is 2. The van der Waals surface area contributed by atoms with E-state index < -0.39 is 10.0 Å². The molecule has 2 aromatic heterocycles. The minimum atomic E-state index is -4.01. The quantitative estimate of drug-likeness (QED) is 0.303. The molecule has 1 saturated carbocycles. The zero-order valence-corrected chi connectivity index (χ0v) is 18.4. The zero-order chi connectivity index (χ0) is 23.3. The third-order valence-electron chi connectivity index (χ3n) is 6.15. The van der Waals surface area contributed by atoms with Gasteiger partial charge in [-0.3, -0.25) is 9.78 Å². The van der Waals surface area contributed by atoms with E-state index in [0.29, 0.717) is 22.7 Å². The van der Waals surface area contributed by atoms with Crippen molar-refractivity contribution < 1.29 is 22.9 Å². The maximum absolute atomic E-state index is 12.1. The summed E-state index contributed by atoms with van der Waals surface area (Å²) in [5, 5.41) is 11.7. The summed E-state index contributed by atoms with van der Waals surface area (Å²) in [7, 11) is -2.65. The largest absolute Gasteiger partial charge is 0.495 e. The van der Waals surface area contributed by atoms with Gasteiger partial charge in [0, 0.05) is 11.7 Å². The molecule has 4 atom stereocenters. The number of imidazole rings is 1. The Labute approximate surface area is 188 Å². The van der Waals surface area contributed by atoms with Gasteiger partial charge in [-0.2, -0.15) is 4.98 Å². The summed E-state index contributed by atoms with van der Waals surface area (Å²) in [5.74, 6) is 0.432. The Kier molecular flexibility index (Phi) is 4.94. The molecule has 8 N–H and O–H groups in total. The number of nitrogens with zero attached hydrogens (tertiary/aromatic N) is 2. The highest BCUT2D eigenvalue weighted by Gasteiger charge is 2.48. The molecule has 0 saturated heterocycles. The van der Waals surface area contributed by atoms with Crippen LogP contribution in [0.2, 0.25) is 0 Å². The van der Waals surface area contributed by atoms with E-state index in [4.69, 9.17) is 15.6 Å². The second-order valence-electron chi connectivity index (χ2n) is 8.13. The number of hydrogen-bond donors (Lipinski definition) is 5. The molecule has 13 heteroatoms. The lowest BCUT2D eigenvalue weighted by molar-refractivity contribution is -0.347. The fourth-order valence-electron chi connectivity index (χ4n) is 4.71. The van der Waals surface area contributed by atoms with Gasteiger partial charge in [-0.1, -0.05) is 17.1 Å². The number of rotatable bonds is 7. The Morgan fingerprint density at radius 1 is 1.27 bits per heavy atom. The average Bonchev–Trinajstić information content (AvgIpc) is 3.49. The van der Waals surface area contributed by atoms with Gasteiger partial charge in [0.2, 0.25) is 21.4 Å². The molecular weight excluding hydrogens is 448 g/mol. The van der Waals surface area contributed by atoms with Crippen molar-refractivity contribution in [3.8, 4) is 5.75 Å². The Hall–Kier alpha value is -3.71. The van der Waals surface area contributed by atoms with Crippen LogP contribution in [0.5, 0.6) is 5.75 Å². The van der Waals surface area contributed by atoms with E-state index >= 15 is 0 Å². The molecule has 4 unspecified atom stereocenters. The van der Waals surface area contributed by atoms with E-state index in [2.05, 4.69) is 42.7 Å². The van der Waals surface area contributed by atoms with Crippen molar-refractivity contribution >= 4 is 44.5 Å². The Morgan fingerprint density at radius 3 is 2.79 bits per heavy atom. The first kappa shape index (κ1) is 21.2. The lowest BCUT2D eigenvalue weighted by Crippen LogP contribution is -2.41. The molecule has 1 fully saturated rings. The van der Waals surface area contributed by atoms with Crippen molar-refractivity contribution in [3.05, 3.63) is 36.7 Å². The van der Waals surface area contributed by atoms with E-state index in [0.717, 1.165) is 6.42 Å². The topological polar surface area (TPSA) is 192 Å². The van der Waals surface area contributed by atoms with Crippen LogP contribution in [0.25, 0.3) is 11.2 Å². The smallest absolute Gasteiger partial charge is 0.307 e. The molecule has 2 aliphatic carbocycles. The second kappa shape index (κ2) is 7.71. The monoisotopic (exact) mass is 471 g/mol. The van der Waals surface area contributed by atoms with Crippen molar-refractivity contribution in [3.63, 3.8) is 0 Å². The van der Waals surface area contributed by atoms with Crippen molar-refractivity contribution in [2.75, 3.05) is 17.7 Å². The summed E-state index contributed by atoms with van der Waals surface area (Å²) < 4.78 is 28.9. The van der Waals surface area contributed by atoms with Gasteiger partial charge in [0.25, 0.3) is 0 Å². The highest BCUT2D eigenvalue weighted by molar-refractivity contribution is 7.89. The number of carbonyl (C=O) groups is 1. The fourth-order valence-corrected chi connectivity index (χ4v) is 5.43. The molecule has 2 aliphatic rings. The van der Waals surface area contributed by atoms with Crippen molar-refractivity contribution in [2.45, 2.75) is 17.4 Å². The number of aromatic nitrogens is 4. The molecule has 0 radical (unpaired) electrons. The standard InChI is InChI=1S/C20H22N8O4S/c1-32-12-5-4-11(7-13(12)33(22,30)31)25-20-27-18-16(23-8-24-18)19(28-20)26-15-10-3-2-9(6-10)14(15)17(21)29/h2-5,7-10,14-15H,6H2,1H3,(H2,21,29)(H2,22,30,31)(H3,23,24,25,26,27,28)/p+1. The molecule has 1 amide bonds. The normalized spacial score (nSPS) is 23.7. The number of sulfonamides is 1. The number of hydrogen-bond acceptors (Lipinski definition) is 8. The van der Waals surface area contributed by atoms with Crippen LogP contribution >= 0.6 is 0 Å². The molecule has 1 aromatic carbocycles. The zero-order valence-electron chi connectivity index (χ0n) is 17.6. The summed E-state index contributed by atoms with van der Waals surface area (Å²) in [4.78, 5) is 27.0. The number of methoxy groups -OCH3 is 1. The van der Waals surface area contributed by atoms with Crippen LogP contribution in [-0.2, 0) is 14.8 Å². The van der Waals surface area contributed by atoms with Crippen molar-refractivity contribution in [1.29, 1.82) is 0 Å². The molecule has 3 aromatic rings. The molecule has 0 aliphatic heterocycles. The third kappa shape index (κ3) is 3.74. The van der Waals surface area contributed by atoms with E-state index in [1.807, 2.05) is 0 Å². The first-order valence-electron chi connectivity index (χ1n) is 10.2. The number of ether oxygens (including phenoxy) is 1. The minimum Gasteiger partial charge on any atom is -0.495 e. The summed E-state index contributed by atoms with van der Waals surface area (Å²) >= 11 is 0. The number of anilines is 3. The number of H-pyrrole nitrogens is 2. The van der Waals surface area contributed by atoms with Gasteiger partial charge >= 0.3 is 11.6 Å². The Balaban J connectivity index is 1.49. The number of nitrogens with two attached hydrogens (primary N) is 2. The number of carbonyl (C=O) groups excluding carboxylic acids is 1. The van der Waals surface area contributed by atoms with Gasteiger partial charge in [-0.05, 0) is 36.5 Å². The van der Waals surface area contributed by atoms with Gasteiger partial charge in [0.15, 0.2) is 12.1 Å². The molecule has 0 spiro atoms. The Bertz CT molecular complexity index is 1390. The van der Waals surface area contributed by atoms with Crippen LogP contribution in [0.15, 0.2) is 41.6 Å². The number of fused-ring (bicyclic) bond motifs is 3. The maximum atomic E-state index is 12.1. The van der Waals surface area contributed by atoms with E-state index in [1.165, 1.54) is 19.2 Å². The van der Waals surface area contributed by atoms with Crippen LogP contribution in [0.4, 0.5) is 17.5 Å². The molecule has 33 heavy (non-hydrogen) atoms. The van der Waals surface area contributed by atoms with E-state index in [1.54, 1.807) is 12.4 Å². The molecule has 2 heterocycles. The number of primary sulfonamides is 1. The van der Waals surface area contributed by atoms with E-state index in [-0.39, 0.29) is 46.3 Å². The van der Waals surface area contributed by atoms with Gasteiger partial charge in [0.05, 0.1) is 13.0 Å². The second-order valence-corrected chi connectivity index (χ2v) is 9.66. The molecule has 172 valence electrons. The van der Waals surface area contributed by atoms with Crippen LogP contribution < -0.4 is 31.2 Å². The molecular formula is C20H23N8O4S+. The van der Waals surface area contributed by atoms with Crippen molar-refractivity contribution in [2.24, 2.45) is 28.6 Å². The van der Waals surface area contributed by atoms with Gasteiger partial charge in [-0.15, -0.1) is 0 Å². The molecule has 5 rings (SSSR count). The molecule has 12 nitrogen and oxygen atoms in total. The van der Waals surface area contributed by atoms with Gasteiger partial charge in [-0.25, -0.2) is 18.5 Å². The number of benzene rings is 1. The first-order chi connectivity index (χ1) is 15.7. The summed E-state index contributed by atoms with van der Waals surface area (Å²) in [6.07, 6.45) is 6.64. The SMILES string of the molecule is COc1ccc(Nc2nc(NC3C4C=CC(C4)C3C(N)=O)c3[nH]c[nH+]c3n2)cc1S(N)(=O)=O. The lowest BCUT2D eigenvalue weighted by Gasteiger charge is -2.26. The predicted molar refractivity (Wildman–Crippen MR) is 119 cm³/mol. The van der Waals surface area contributed by atoms with Crippen LogP contribution in [0.3, 0.4) is 0 Å². The Morgan fingerprint density at radius 2 is 2.06 bits per heavy atom. The number of amides is 1. The number of primary amides is 1. The minimum absolute atomic E-state index is 0.117. The number of nitrogens with one attached hydrogen (secondary N) is 4. The highest BCUT2D eigenvalue weighted by atomic mass is 32.2. The van der Waals surface area contributed by atoms with Gasteiger partial charge in [0.1, 0.15) is 10.6 Å². The summed E-state index contributed by atoms with van der Waals surface area (Å²) in [6.45, 7) is 0. The number of allylic oxidation sites excluding steroid dienone is 1. The van der Waals surface area contributed by atoms with Crippen LogP contribution in [0, 0.1) is 17.8 Å². The summed E-state index contributed by atoms with van der Waals surface area (Å²) in [5.41, 5.74) is 7.24. The average molecular weight is 472 g/mol. The van der Waals surface area contributed by atoms with E-state index in [9.17, 15) is 13.2 Å². The first-order valence-corrected chi connectivity index (χ1v) is 11.8. The summed E-state index contributed by atoms with van der Waals surface area (Å²) in [6, 6.07) is 4.27.